The van der Waals surface area contributed by atoms with Crippen LogP contribution in [0.5, 0.6) is 0 Å². The van der Waals surface area contributed by atoms with E-state index in [0.717, 1.165) is 36.8 Å². The van der Waals surface area contributed by atoms with Crippen molar-refractivity contribution >= 4 is 5.97 Å². The molecule has 0 aliphatic heterocycles. The molecule has 0 atom stereocenters. The summed E-state index contributed by atoms with van der Waals surface area (Å²) >= 11 is 0. The molecule has 4 heteroatoms. The Morgan fingerprint density at radius 2 is 1.61 bits per heavy atom. The molecule has 0 bridgehead atoms. The van der Waals surface area contributed by atoms with E-state index in [0.29, 0.717) is 6.61 Å². The SMILES string of the molecule is CCOC(=O)/C=C(C)/C=C/C=C(/CC/C=C(\C)CCC=C(C)C)C(OC)OC. The first kappa shape index (κ1) is 26.1. The zero-order chi connectivity index (χ0) is 21.4. The lowest BCUT2D eigenvalue weighted by Crippen LogP contribution is -2.16. The summed E-state index contributed by atoms with van der Waals surface area (Å²) in [6.45, 7) is 10.5. The normalized spacial score (nSPS) is 13.4. The zero-order valence-corrected chi connectivity index (χ0v) is 18.7. The van der Waals surface area contributed by atoms with E-state index >= 15 is 0 Å². The molecular weight excluding hydrogens is 352 g/mol. The van der Waals surface area contributed by atoms with Gasteiger partial charge in [0, 0.05) is 20.3 Å². The Morgan fingerprint density at radius 3 is 2.18 bits per heavy atom. The van der Waals surface area contributed by atoms with Gasteiger partial charge in [-0.15, -0.1) is 0 Å². The van der Waals surface area contributed by atoms with Gasteiger partial charge in [0.15, 0.2) is 6.29 Å². The van der Waals surface area contributed by atoms with Crippen molar-refractivity contribution in [3.05, 3.63) is 58.7 Å². The summed E-state index contributed by atoms with van der Waals surface area (Å²) in [7, 11) is 3.27. The van der Waals surface area contributed by atoms with Crippen molar-refractivity contribution in [3.63, 3.8) is 0 Å². The Bertz CT molecular complexity index is 598. The molecule has 0 heterocycles. The van der Waals surface area contributed by atoms with E-state index in [1.165, 1.54) is 17.2 Å². The van der Waals surface area contributed by atoms with Crippen LogP contribution in [-0.4, -0.2) is 33.1 Å². The van der Waals surface area contributed by atoms with Crippen molar-refractivity contribution in [1.82, 2.24) is 0 Å². The molecule has 0 N–H and O–H groups in total. The first-order valence-corrected chi connectivity index (χ1v) is 9.90. The van der Waals surface area contributed by atoms with E-state index in [-0.39, 0.29) is 12.3 Å². The van der Waals surface area contributed by atoms with Crippen LogP contribution in [-0.2, 0) is 19.0 Å². The number of esters is 1. The van der Waals surface area contributed by atoms with Crippen LogP contribution < -0.4 is 0 Å². The zero-order valence-electron chi connectivity index (χ0n) is 18.7. The smallest absolute Gasteiger partial charge is 0.330 e. The van der Waals surface area contributed by atoms with Gasteiger partial charge in [-0.2, -0.15) is 0 Å². The van der Waals surface area contributed by atoms with E-state index in [1.807, 2.05) is 25.2 Å². The molecule has 4 nitrogen and oxygen atoms in total. The van der Waals surface area contributed by atoms with E-state index in [2.05, 4.69) is 32.9 Å². The van der Waals surface area contributed by atoms with Crippen LogP contribution in [0.3, 0.4) is 0 Å². The van der Waals surface area contributed by atoms with Crippen molar-refractivity contribution < 1.29 is 19.0 Å². The minimum absolute atomic E-state index is 0.325. The maximum absolute atomic E-state index is 11.5. The van der Waals surface area contributed by atoms with Crippen molar-refractivity contribution in [2.45, 2.75) is 66.6 Å². The average Bonchev–Trinajstić information content (AvgIpc) is 2.62. The first-order valence-electron chi connectivity index (χ1n) is 9.90. The number of rotatable bonds is 13. The third-order valence-corrected chi connectivity index (χ3v) is 4.05. The first-order chi connectivity index (χ1) is 13.3. The second-order valence-corrected chi connectivity index (χ2v) is 6.95. The highest BCUT2D eigenvalue weighted by Gasteiger charge is 2.10. The minimum atomic E-state index is -0.377. The highest BCUT2D eigenvalue weighted by Crippen LogP contribution is 2.17. The van der Waals surface area contributed by atoms with Gasteiger partial charge in [0.2, 0.25) is 0 Å². The molecule has 0 spiro atoms. The van der Waals surface area contributed by atoms with Gasteiger partial charge in [-0.05, 0) is 71.4 Å². The van der Waals surface area contributed by atoms with Crippen molar-refractivity contribution in [2.75, 3.05) is 20.8 Å². The Hall–Kier alpha value is -1.91. The lowest BCUT2D eigenvalue weighted by molar-refractivity contribution is -0.137. The van der Waals surface area contributed by atoms with Gasteiger partial charge in [-0.25, -0.2) is 4.79 Å². The lowest BCUT2D eigenvalue weighted by atomic mass is 10.0. The number of hydrogen-bond acceptors (Lipinski definition) is 4. The van der Waals surface area contributed by atoms with Crippen LogP contribution in [0.15, 0.2) is 58.7 Å². The fourth-order valence-electron chi connectivity index (χ4n) is 2.60. The predicted octanol–water partition coefficient (Wildman–Crippen LogP) is 6.07. The maximum atomic E-state index is 11.5. The van der Waals surface area contributed by atoms with Gasteiger partial charge in [-0.1, -0.05) is 41.5 Å². The number of methoxy groups -OCH3 is 2. The molecule has 0 radical (unpaired) electrons. The third-order valence-electron chi connectivity index (χ3n) is 4.05. The largest absolute Gasteiger partial charge is 0.463 e. The average molecular weight is 391 g/mol. The Balaban J connectivity index is 4.95. The summed E-state index contributed by atoms with van der Waals surface area (Å²) in [5, 5.41) is 0. The summed E-state index contributed by atoms with van der Waals surface area (Å²) in [5.41, 5.74) is 4.64. The van der Waals surface area contributed by atoms with Crippen LogP contribution in [0.1, 0.15) is 60.3 Å². The Labute approximate surface area is 171 Å². The van der Waals surface area contributed by atoms with Crippen molar-refractivity contribution in [2.24, 2.45) is 0 Å². The molecule has 0 unspecified atom stereocenters. The third kappa shape index (κ3) is 13.3. The molecule has 0 rings (SSSR count). The number of carbonyl (C=O) groups is 1. The second-order valence-electron chi connectivity index (χ2n) is 6.95. The molecule has 28 heavy (non-hydrogen) atoms. The maximum Gasteiger partial charge on any atom is 0.330 e. The molecule has 0 aromatic carbocycles. The molecule has 0 saturated carbocycles. The number of ether oxygens (including phenoxy) is 3. The standard InChI is InChI=1S/C24H38O4/c1-8-28-23(25)18-21(5)15-11-17-22(24(26-6)27-7)16-10-14-20(4)13-9-12-19(2)3/h11-12,14-15,17-18,24H,8-10,13,16H2,1-7H3/b15-11+,20-14+,21-18+,22-17-. The van der Waals surface area contributed by atoms with Crippen molar-refractivity contribution in [3.8, 4) is 0 Å². The monoisotopic (exact) mass is 390 g/mol. The molecular formula is C24H38O4. The van der Waals surface area contributed by atoms with Crippen molar-refractivity contribution in [1.29, 1.82) is 0 Å². The molecule has 0 aliphatic rings. The number of hydrogen-bond donors (Lipinski definition) is 0. The topological polar surface area (TPSA) is 44.8 Å². The highest BCUT2D eigenvalue weighted by atomic mass is 16.7. The summed E-state index contributed by atoms with van der Waals surface area (Å²) < 4.78 is 15.8. The second kappa shape index (κ2) is 16.1. The van der Waals surface area contributed by atoms with Crippen LogP contribution in [0.25, 0.3) is 0 Å². The summed E-state index contributed by atoms with van der Waals surface area (Å²) in [6, 6.07) is 0. The van der Waals surface area contributed by atoms with E-state index in [9.17, 15) is 4.79 Å². The minimum Gasteiger partial charge on any atom is -0.463 e. The molecule has 0 saturated heterocycles. The Morgan fingerprint density at radius 1 is 0.964 bits per heavy atom. The highest BCUT2D eigenvalue weighted by molar-refractivity contribution is 5.83. The molecule has 0 fully saturated rings. The van der Waals surface area contributed by atoms with Crippen LogP contribution in [0.2, 0.25) is 0 Å². The number of allylic oxidation sites excluding steroid dienone is 8. The van der Waals surface area contributed by atoms with Gasteiger partial charge in [-0.3, -0.25) is 0 Å². The molecule has 0 aromatic rings. The van der Waals surface area contributed by atoms with Crippen LogP contribution in [0, 0.1) is 0 Å². The fourth-order valence-corrected chi connectivity index (χ4v) is 2.60. The predicted molar refractivity (Wildman–Crippen MR) is 117 cm³/mol. The van der Waals surface area contributed by atoms with Crippen LogP contribution >= 0.6 is 0 Å². The molecule has 0 aliphatic carbocycles. The van der Waals surface area contributed by atoms with E-state index in [1.54, 1.807) is 21.1 Å². The molecule has 0 aromatic heterocycles. The summed E-state index contributed by atoms with van der Waals surface area (Å²) in [4.78, 5) is 11.5. The van der Waals surface area contributed by atoms with Gasteiger partial charge >= 0.3 is 5.97 Å². The quantitative estimate of drug-likeness (QED) is 0.126. The van der Waals surface area contributed by atoms with Gasteiger partial charge < -0.3 is 14.2 Å². The fraction of sp³-hybridized carbons (Fsp3) is 0.542. The van der Waals surface area contributed by atoms with E-state index < -0.39 is 0 Å². The van der Waals surface area contributed by atoms with E-state index in [4.69, 9.17) is 14.2 Å². The van der Waals surface area contributed by atoms with Crippen LogP contribution in [0.4, 0.5) is 0 Å². The Kier molecular flexibility index (Phi) is 15.0. The van der Waals surface area contributed by atoms with Gasteiger partial charge in [0.1, 0.15) is 0 Å². The summed E-state index contributed by atoms with van der Waals surface area (Å²) in [6.07, 6.45) is 15.4. The van der Waals surface area contributed by atoms with Gasteiger partial charge in [0.25, 0.3) is 0 Å². The lowest BCUT2D eigenvalue weighted by Gasteiger charge is -2.16. The van der Waals surface area contributed by atoms with Gasteiger partial charge in [0.05, 0.1) is 6.61 Å². The molecule has 0 amide bonds. The number of carbonyl (C=O) groups excluding carboxylic acids is 1. The molecule has 158 valence electrons. The summed E-state index contributed by atoms with van der Waals surface area (Å²) in [5.74, 6) is -0.325.